The zero-order valence-electron chi connectivity index (χ0n) is 17.3. The van der Waals surface area contributed by atoms with Crippen molar-refractivity contribution in [3.8, 4) is 0 Å². The van der Waals surface area contributed by atoms with E-state index in [1.54, 1.807) is 19.9 Å². The Hall–Kier alpha value is -3.34. The fraction of sp³-hybridized carbons (Fsp3) is 0.350. The highest BCUT2D eigenvalue weighted by Gasteiger charge is 2.39. The fourth-order valence-corrected chi connectivity index (χ4v) is 4.14. The molecule has 1 aromatic rings. The lowest BCUT2D eigenvalue weighted by Crippen LogP contribution is -2.32. The molecule has 31 heavy (non-hydrogen) atoms. The van der Waals surface area contributed by atoms with E-state index in [0.717, 1.165) is 0 Å². The van der Waals surface area contributed by atoms with Crippen molar-refractivity contribution < 1.29 is 28.8 Å². The Balaban J connectivity index is 2.67. The molecule has 166 valence electrons. The number of hydrogen-bond donors (Lipinski definition) is 2. The maximum Gasteiger partial charge on any atom is 0.337 e. The number of ether oxygens (including phenoxy) is 2. The lowest BCUT2D eigenvalue weighted by atomic mass is 9.82. The van der Waals surface area contributed by atoms with E-state index < -0.39 is 22.8 Å². The minimum Gasteiger partial charge on any atom is -0.466 e. The molecule has 0 fully saturated rings. The lowest BCUT2D eigenvalue weighted by Gasteiger charge is -2.31. The predicted molar refractivity (Wildman–Crippen MR) is 114 cm³/mol. The van der Waals surface area contributed by atoms with Crippen LogP contribution in [0.1, 0.15) is 25.3 Å². The zero-order chi connectivity index (χ0) is 23.0. The highest BCUT2D eigenvalue weighted by atomic mass is 32.2. The fourth-order valence-electron chi connectivity index (χ4n) is 3.13. The van der Waals surface area contributed by atoms with Crippen LogP contribution in [0.5, 0.6) is 0 Å². The summed E-state index contributed by atoms with van der Waals surface area (Å²) in [6.07, 6.45) is 0.571. The Morgan fingerprint density at radius 2 is 2.06 bits per heavy atom. The van der Waals surface area contributed by atoms with Crippen LogP contribution >= 0.6 is 11.8 Å². The van der Waals surface area contributed by atoms with Gasteiger partial charge in [-0.3, -0.25) is 14.9 Å². The Morgan fingerprint density at radius 1 is 1.32 bits per heavy atom. The average molecular weight is 449 g/mol. The molecule has 1 atom stereocenters. The standard InChI is InChI=1S/C20H23N3O7S/c1-4-30-20(26)17-16(13-6-5-7-14(10-13)23(27)28)15(19(25)29-3)12(2)22-18(17)31-9-8-21-11-24/h5-7,10-11,16,22H,4,8-9H2,1-3H3,(H,21,24). The van der Waals surface area contributed by atoms with Gasteiger partial charge in [-0.05, 0) is 19.4 Å². The van der Waals surface area contributed by atoms with Gasteiger partial charge in [-0.1, -0.05) is 12.1 Å². The van der Waals surface area contributed by atoms with E-state index in [4.69, 9.17) is 9.47 Å². The molecule has 1 unspecified atom stereocenters. The maximum atomic E-state index is 12.9. The molecule has 0 radical (unpaired) electrons. The number of thioether (sulfide) groups is 1. The molecule has 0 bridgehead atoms. The number of non-ortho nitro benzene ring substituents is 1. The molecule has 1 aromatic carbocycles. The van der Waals surface area contributed by atoms with Crippen LogP contribution < -0.4 is 10.6 Å². The maximum absolute atomic E-state index is 12.9. The van der Waals surface area contributed by atoms with E-state index in [1.165, 1.54) is 37.1 Å². The number of dihydropyridines is 1. The van der Waals surface area contributed by atoms with Gasteiger partial charge in [0.25, 0.3) is 5.69 Å². The first-order valence-electron chi connectivity index (χ1n) is 9.37. The van der Waals surface area contributed by atoms with E-state index in [9.17, 15) is 24.5 Å². The molecule has 11 heteroatoms. The van der Waals surface area contributed by atoms with Crippen molar-refractivity contribution in [3.63, 3.8) is 0 Å². The molecule has 1 heterocycles. The zero-order valence-corrected chi connectivity index (χ0v) is 18.1. The molecule has 10 nitrogen and oxygen atoms in total. The number of allylic oxidation sites excluding steroid dienone is 1. The van der Waals surface area contributed by atoms with Crippen molar-refractivity contribution in [2.24, 2.45) is 0 Å². The van der Waals surface area contributed by atoms with Gasteiger partial charge in [-0.25, -0.2) is 9.59 Å². The van der Waals surface area contributed by atoms with Crippen molar-refractivity contribution in [3.05, 3.63) is 61.8 Å². The molecular weight excluding hydrogens is 426 g/mol. The van der Waals surface area contributed by atoms with Gasteiger partial charge >= 0.3 is 11.9 Å². The third-order valence-electron chi connectivity index (χ3n) is 4.42. The van der Waals surface area contributed by atoms with Gasteiger partial charge in [0.15, 0.2) is 0 Å². The number of carbonyl (C=O) groups excluding carboxylic acids is 3. The van der Waals surface area contributed by atoms with E-state index in [0.29, 0.717) is 35.0 Å². The molecule has 0 aromatic heterocycles. The number of carbonyl (C=O) groups is 3. The van der Waals surface area contributed by atoms with Crippen LogP contribution in [0.25, 0.3) is 0 Å². The van der Waals surface area contributed by atoms with Crippen molar-refractivity contribution in [2.45, 2.75) is 19.8 Å². The molecule has 0 aliphatic carbocycles. The second kappa shape index (κ2) is 11.2. The van der Waals surface area contributed by atoms with Gasteiger partial charge in [0, 0.05) is 30.1 Å². The molecule has 2 rings (SSSR count). The van der Waals surface area contributed by atoms with Gasteiger partial charge in [0.1, 0.15) is 0 Å². The minimum absolute atomic E-state index is 0.102. The molecule has 0 spiro atoms. The Bertz CT molecular complexity index is 942. The molecule has 0 saturated carbocycles. The number of benzene rings is 1. The van der Waals surface area contributed by atoms with E-state index in [1.807, 2.05) is 0 Å². The smallest absolute Gasteiger partial charge is 0.337 e. The predicted octanol–water partition coefficient (Wildman–Crippen LogP) is 1.98. The average Bonchev–Trinajstić information content (AvgIpc) is 2.75. The number of esters is 2. The first kappa shape index (κ1) is 23.9. The van der Waals surface area contributed by atoms with Gasteiger partial charge in [-0.2, -0.15) is 0 Å². The number of amides is 1. The number of nitro groups is 1. The number of methoxy groups -OCH3 is 1. The summed E-state index contributed by atoms with van der Waals surface area (Å²) in [4.78, 5) is 46.8. The number of nitrogens with zero attached hydrogens (tertiary/aromatic N) is 1. The van der Waals surface area contributed by atoms with Crippen LogP contribution in [-0.2, 0) is 23.9 Å². The number of rotatable bonds is 10. The van der Waals surface area contributed by atoms with Crippen molar-refractivity contribution in [1.82, 2.24) is 10.6 Å². The summed E-state index contributed by atoms with van der Waals surface area (Å²) in [5, 5.41) is 17.3. The second-order valence-electron chi connectivity index (χ2n) is 6.32. The Kier molecular flexibility index (Phi) is 8.62. The summed E-state index contributed by atoms with van der Waals surface area (Å²) in [5.41, 5.74) is 0.946. The molecule has 0 saturated heterocycles. The number of nitro benzene ring substituents is 1. The van der Waals surface area contributed by atoms with Crippen LogP contribution in [0.4, 0.5) is 5.69 Å². The molecule has 1 aliphatic rings. The third-order valence-corrected chi connectivity index (χ3v) is 5.44. The summed E-state index contributed by atoms with van der Waals surface area (Å²) in [5.74, 6) is -1.83. The van der Waals surface area contributed by atoms with Crippen molar-refractivity contribution in [2.75, 3.05) is 26.0 Å². The van der Waals surface area contributed by atoms with Crippen LogP contribution in [0.3, 0.4) is 0 Å². The summed E-state index contributed by atoms with van der Waals surface area (Å²) < 4.78 is 10.2. The third kappa shape index (κ3) is 5.63. The quantitative estimate of drug-likeness (QED) is 0.181. The molecular formula is C20H23N3O7S. The summed E-state index contributed by atoms with van der Waals surface area (Å²) in [6.45, 7) is 3.76. The second-order valence-corrected chi connectivity index (χ2v) is 7.43. The number of hydrogen-bond acceptors (Lipinski definition) is 9. The van der Waals surface area contributed by atoms with Gasteiger partial charge in [0.05, 0.1) is 40.7 Å². The molecule has 1 amide bonds. The van der Waals surface area contributed by atoms with Crippen molar-refractivity contribution in [1.29, 1.82) is 0 Å². The summed E-state index contributed by atoms with van der Waals surface area (Å²) >= 11 is 1.26. The van der Waals surface area contributed by atoms with E-state index in [2.05, 4.69) is 10.6 Å². The Labute approximate surface area is 183 Å². The first-order chi connectivity index (χ1) is 14.8. The van der Waals surface area contributed by atoms with Gasteiger partial charge in [0.2, 0.25) is 6.41 Å². The van der Waals surface area contributed by atoms with Crippen molar-refractivity contribution >= 4 is 35.8 Å². The topological polar surface area (TPSA) is 137 Å². The molecule has 2 N–H and O–H groups in total. The lowest BCUT2D eigenvalue weighted by molar-refractivity contribution is -0.384. The highest BCUT2D eigenvalue weighted by Crippen LogP contribution is 2.42. The van der Waals surface area contributed by atoms with Crippen LogP contribution in [0.2, 0.25) is 0 Å². The van der Waals surface area contributed by atoms with E-state index >= 15 is 0 Å². The minimum atomic E-state index is -0.936. The monoisotopic (exact) mass is 449 g/mol. The Morgan fingerprint density at radius 3 is 2.68 bits per heavy atom. The van der Waals surface area contributed by atoms with Gasteiger partial charge < -0.3 is 20.1 Å². The molecule has 1 aliphatic heterocycles. The van der Waals surface area contributed by atoms with E-state index in [-0.39, 0.29) is 23.4 Å². The van der Waals surface area contributed by atoms with Crippen LogP contribution in [0, 0.1) is 10.1 Å². The normalized spacial score (nSPS) is 15.8. The van der Waals surface area contributed by atoms with Crippen LogP contribution in [-0.4, -0.2) is 49.3 Å². The summed E-state index contributed by atoms with van der Waals surface area (Å²) in [7, 11) is 1.22. The number of nitrogens with one attached hydrogen (secondary N) is 2. The SMILES string of the molecule is CCOC(=O)C1=C(SCCNC=O)NC(C)=C(C(=O)OC)C1c1cccc([N+](=O)[O-])c1. The van der Waals surface area contributed by atoms with Crippen LogP contribution in [0.15, 0.2) is 46.1 Å². The first-order valence-corrected chi connectivity index (χ1v) is 10.4. The summed E-state index contributed by atoms with van der Waals surface area (Å²) in [6, 6.07) is 5.74. The van der Waals surface area contributed by atoms with Gasteiger partial charge in [-0.15, -0.1) is 11.8 Å². The largest absolute Gasteiger partial charge is 0.466 e. The highest BCUT2D eigenvalue weighted by molar-refractivity contribution is 8.03.